The lowest BCUT2D eigenvalue weighted by atomic mass is 9.94. The molecule has 1 aromatic carbocycles. The molecule has 0 spiro atoms. The molecule has 24 heavy (non-hydrogen) atoms. The number of ether oxygens (including phenoxy) is 1. The minimum atomic E-state index is -0.262. The zero-order valence-electron chi connectivity index (χ0n) is 15.4. The third-order valence-corrected chi connectivity index (χ3v) is 5.11. The van der Waals surface area contributed by atoms with Gasteiger partial charge in [0.1, 0.15) is 0 Å². The Morgan fingerprint density at radius 3 is 2.42 bits per heavy atom. The van der Waals surface area contributed by atoms with Crippen molar-refractivity contribution in [3.8, 4) is 0 Å². The maximum Gasteiger partial charge on any atom is 0.337 e. The summed E-state index contributed by atoms with van der Waals surface area (Å²) < 4.78 is 4.79. The monoisotopic (exact) mass is 331 g/mol. The SMILES string of the molecule is CCCCCCCCCCCC1CNc2cc(C(=O)OC)ccc21. The fourth-order valence-corrected chi connectivity index (χ4v) is 3.61. The Morgan fingerprint density at radius 2 is 1.75 bits per heavy atom. The van der Waals surface area contributed by atoms with Crippen molar-refractivity contribution in [2.24, 2.45) is 0 Å². The summed E-state index contributed by atoms with van der Waals surface area (Å²) in [6, 6.07) is 5.92. The molecule has 1 aliphatic heterocycles. The lowest BCUT2D eigenvalue weighted by molar-refractivity contribution is 0.0601. The van der Waals surface area contributed by atoms with Gasteiger partial charge in [0.05, 0.1) is 12.7 Å². The molecule has 1 unspecified atom stereocenters. The van der Waals surface area contributed by atoms with Gasteiger partial charge in [0.25, 0.3) is 0 Å². The van der Waals surface area contributed by atoms with Crippen molar-refractivity contribution < 1.29 is 9.53 Å². The van der Waals surface area contributed by atoms with E-state index in [2.05, 4.69) is 18.3 Å². The first-order valence-corrected chi connectivity index (χ1v) is 9.72. The first kappa shape index (κ1) is 18.8. The molecule has 1 aromatic rings. The van der Waals surface area contributed by atoms with E-state index in [4.69, 9.17) is 4.74 Å². The Kier molecular flexibility index (Phi) is 8.14. The third-order valence-electron chi connectivity index (χ3n) is 5.11. The molecule has 2 rings (SSSR count). The number of methoxy groups -OCH3 is 1. The van der Waals surface area contributed by atoms with E-state index >= 15 is 0 Å². The molecule has 3 nitrogen and oxygen atoms in total. The molecule has 134 valence electrons. The molecule has 0 radical (unpaired) electrons. The van der Waals surface area contributed by atoms with E-state index < -0.39 is 0 Å². The zero-order chi connectivity index (χ0) is 17.2. The van der Waals surface area contributed by atoms with Gasteiger partial charge in [-0.1, -0.05) is 70.8 Å². The van der Waals surface area contributed by atoms with Crippen LogP contribution in [-0.4, -0.2) is 19.6 Å². The Morgan fingerprint density at radius 1 is 1.08 bits per heavy atom. The summed E-state index contributed by atoms with van der Waals surface area (Å²) in [7, 11) is 1.43. The highest BCUT2D eigenvalue weighted by molar-refractivity contribution is 5.91. The van der Waals surface area contributed by atoms with E-state index in [0.29, 0.717) is 11.5 Å². The van der Waals surface area contributed by atoms with Crippen LogP contribution in [-0.2, 0) is 4.74 Å². The smallest absolute Gasteiger partial charge is 0.337 e. The number of carbonyl (C=O) groups excluding carboxylic acids is 1. The van der Waals surface area contributed by atoms with Crippen molar-refractivity contribution in [2.45, 2.75) is 77.0 Å². The summed E-state index contributed by atoms with van der Waals surface area (Å²) in [6.07, 6.45) is 13.6. The second-order valence-electron chi connectivity index (χ2n) is 6.99. The van der Waals surface area contributed by atoms with Crippen LogP contribution in [0.4, 0.5) is 5.69 Å². The minimum Gasteiger partial charge on any atom is -0.465 e. The maximum absolute atomic E-state index is 11.6. The van der Waals surface area contributed by atoms with Gasteiger partial charge < -0.3 is 10.1 Å². The van der Waals surface area contributed by atoms with E-state index in [1.807, 2.05) is 12.1 Å². The molecular formula is C21H33NO2. The number of rotatable bonds is 11. The zero-order valence-corrected chi connectivity index (χ0v) is 15.4. The van der Waals surface area contributed by atoms with Gasteiger partial charge in [-0.15, -0.1) is 0 Å². The van der Waals surface area contributed by atoms with Crippen LogP contribution in [0.1, 0.15) is 93.0 Å². The van der Waals surface area contributed by atoms with Gasteiger partial charge in [0.2, 0.25) is 0 Å². The molecule has 0 bridgehead atoms. The van der Waals surface area contributed by atoms with Crippen LogP contribution in [0.25, 0.3) is 0 Å². The molecule has 1 heterocycles. The van der Waals surface area contributed by atoms with Crippen molar-refractivity contribution in [3.63, 3.8) is 0 Å². The number of unbranched alkanes of at least 4 members (excludes halogenated alkanes) is 8. The van der Waals surface area contributed by atoms with Crippen molar-refractivity contribution in [1.82, 2.24) is 0 Å². The number of anilines is 1. The highest BCUT2D eigenvalue weighted by Crippen LogP contribution is 2.35. The minimum absolute atomic E-state index is 0.262. The summed E-state index contributed by atoms with van der Waals surface area (Å²) in [6.45, 7) is 3.27. The number of hydrogen-bond donors (Lipinski definition) is 1. The van der Waals surface area contributed by atoms with Gasteiger partial charge >= 0.3 is 5.97 Å². The van der Waals surface area contributed by atoms with Crippen molar-refractivity contribution in [3.05, 3.63) is 29.3 Å². The van der Waals surface area contributed by atoms with Crippen LogP contribution in [0, 0.1) is 0 Å². The molecule has 0 saturated carbocycles. The predicted molar refractivity (Wildman–Crippen MR) is 101 cm³/mol. The maximum atomic E-state index is 11.6. The summed E-state index contributed by atoms with van der Waals surface area (Å²) in [5.41, 5.74) is 3.11. The largest absolute Gasteiger partial charge is 0.465 e. The van der Waals surface area contributed by atoms with E-state index in [0.717, 1.165) is 12.2 Å². The second-order valence-corrected chi connectivity index (χ2v) is 6.99. The molecule has 0 aromatic heterocycles. The topological polar surface area (TPSA) is 38.3 Å². The average molecular weight is 332 g/mol. The molecule has 1 atom stereocenters. The molecule has 1 aliphatic rings. The highest BCUT2D eigenvalue weighted by Gasteiger charge is 2.22. The number of hydrogen-bond acceptors (Lipinski definition) is 3. The van der Waals surface area contributed by atoms with Gasteiger partial charge in [-0.3, -0.25) is 0 Å². The highest BCUT2D eigenvalue weighted by atomic mass is 16.5. The molecule has 3 heteroatoms. The molecule has 0 aliphatic carbocycles. The van der Waals surface area contributed by atoms with Gasteiger partial charge in [0.15, 0.2) is 0 Å². The fourth-order valence-electron chi connectivity index (χ4n) is 3.61. The lowest BCUT2D eigenvalue weighted by Gasteiger charge is -2.10. The Labute approximate surface area is 147 Å². The van der Waals surface area contributed by atoms with Crippen molar-refractivity contribution in [1.29, 1.82) is 0 Å². The van der Waals surface area contributed by atoms with Gasteiger partial charge in [0, 0.05) is 18.2 Å². The van der Waals surface area contributed by atoms with Crippen molar-refractivity contribution in [2.75, 3.05) is 19.0 Å². The fraction of sp³-hybridized carbons (Fsp3) is 0.667. The van der Waals surface area contributed by atoms with E-state index in [-0.39, 0.29) is 5.97 Å². The predicted octanol–water partition coefficient (Wildman–Crippen LogP) is 5.90. The quantitative estimate of drug-likeness (QED) is 0.405. The molecular weight excluding hydrogens is 298 g/mol. The summed E-state index contributed by atoms with van der Waals surface area (Å²) >= 11 is 0. The standard InChI is InChI=1S/C21H33NO2/c1-3-4-5-6-7-8-9-10-11-12-18-16-22-20-15-17(21(23)24-2)13-14-19(18)20/h13-15,18,22H,3-12,16H2,1-2H3. The van der Waals surface area contributed by atoms with E-state index in [1.165, 1.54) is 76.9 Å². The summed E-state index contributed by atoms with van der Waals surface area (Å²) in [4.78, 5) is 11.6. The van der Waals surface area contributed by atoms with Gasteiger partial charge in [-0.2, -0.15) is 0 Å². The number of fused-ring (bicyclic) bond motifs is 1. The van der Waals surface area contributed by atoms with Crippen LogP contribution in [0.3, 0.4) is 0 Å². The Hall–Kier alpha value is -1.51. The van der Waals surface area contributed by atoms with Crippen LogP contribution < -0.4 is 5.32 Å². The van der Waals surface area contributed by atoms with Crippen molar-refractivity contribution >= 4 is 11.7 Å². The normalized spacial score (nSPS) is 15.8. The molecule has 0 saturated heterocycles. The number of nitrogens with one attached hydrogen (secondary N) is 1. The van der Waals surface area contributed by atoms with Crippen LogP contribution in [0.2, 0.25) is 0 Å². The Bertz CT molecular complexity index is 513. The third kappa shape index (κ3) is 5.54. The summed E-state index contributed by atoms with van der Waals surface area (Å²) in [5, 5.41) is 3.44. The number of carbonyl (C=O) groups is 1. The molecule has 0 fully saturated rings. The first-order valence-electron chi connectivity index (χ1n) is 9.72. The van der Waals surface area contributed by atoms with E-state index in [1.54, 1.807) is 0 Å². The van der Waals surface area contributed by atoms with Gasteiger partial charge in [-0.25, -0.2) is 4.79 Å². The van der Waals surface area contributed by atoms with Crippen LogP contribution in [0.15, 0.2) is 18.2 Å². The molecule has 1 N–H and O–H groups in total. The molecule has 0 amide bonds. The number of esters is 1. The van der Waals surface area contributed by atoms with E-state index in [9.17, 15) is 4.79 Å². The summed E-state index contributed by atoms with van der Waals surface area (Å²) in [5.74, 6) is 0.332. The second kappa shape index (κ2) is 10.4. The van der Waals surface area contributed by atoms with Crippen LogP contribution in [0.5, 0.6) is 0 Å². The first-order chi connectivity index (χ1) is 11.8. The number of benzene rings is 1. The lowest BCUT2D eigenvalue weighted by Crippen LogP contribution is -2.01. The van der Waals surface area contributed by atoms with Gasteiger partial charge in [-0.05, 0) is 24.1 Å². The van der Waals surface area contributed by atoms with Crippen LogP contribution >= 0.6 is 0 Å². The Balaban J connectivity index is 1.65. The average Bonchev–Trinajstić information content (AvgIpc) is 3.02.